The smallest absolute Gasteiger partial charge is 0.0590 e. The van der Waals surface area contributed by atoms with Crippen molar-refractivity contribution in [3.63, 3.8) is 0 Å². The van der Waals surface area contributed by atoms with E-state index >= 15 is 0 Å². The summed E-state index contributed by atoms with van der Waals surface area (Å²) >= 11 is 6.03. The van der Waals surface area contributed by atoms with Crippen molar-refractivity contribution in [3.05, 3.63) is 28.8 Å². The molecule has 2 atom stereocenters. The number of anilines is 1. The third kappa shape index (κ3) is 3.36. The molecular formula is C14H20ClNO. The Bertz CT molecular complexity index is 380. The minimum absolute atomic E-state index is 0.403. The van der Waals surface area contributed by atoms with E-state index in [1.807, 2.05) is 12.1 Å². The summed E-state index contributed by atoms with van der Waals surface area (Å²) in [5.74, 6) is 0. The number of hydrogen-bond donors (Lipinski definition) is 1. The third-order valence-electron chi connectivity index (χ3n) is 3.52. The lowest BCUT2D eigenvalue weighted by Gasteiger charge is -2.30. The summed E-state index contributed by atoms with van der Waals surface area (Å²) in [6.07, 6.45) is 5.12. The van der Waals surface area contributed by atoms with E-state index < -0.39 is 0 Å². The van der Waals surface area contributed by atoms with E-state index in [1.165, 1.54) is 24.8 Å². The summed E-state index contributed by atoms with van der Waals surface area (Å²) in [4.78, 5) is 0. The van der Waals surface area contributed by atoms with Crippen LogP contribution in [0.3, 0.4) is 0 Å². The fourth-order valence-corrected chi connectivity index (χ4v) is 2.63. The Hall–Kier alpha value is -0.730. The van der Waals surface area contributed by atoms with Crippen molar-refractivity contribution < 1.29 is 4.74 Å². The van der Waals surface area contributed by atoms with Crippen LogP contribution in [-0.4, -0.2) is 19.3 Å². The molecule has 1 saturated carbocycles. The third-order valence-corrected chi connectivity index (χ3v) is 3.75. The van der Waals surface area contributed by atoms with Gasteiger partial charge in [0.25, 0.3) is 0 Å². The number of aryl methyl sites for hydroxylation is 1. The predicted octanol–water partition coefficient (Wildman–Crippen LogP) is 4.02. The van der Waals surface area contributed by atoms with E-state index in [1.54, 1.807) is 7.11 Å². The molecule has 0 spiro atoms. The van der Waals surface area contributed by atoms with Gasteiger partial charge < -0.3 is 10.1 Å². The molecule has 0 aromatic heterocycles. The molecule has 1 N–H and O–H groups in total. The predicted molar refractivity (Wildman–Crippen MR) is 72.9 cm³/mol. The first-order chi connectivity index (χ1) is 8.19. The molecule has 1 aromatic rings. The molecule has 17 heavy (non-hydrogen) atoms. The van der Waals surface area contributed by atoms with Crippen LogP contribution in [0.15, 0.2) is 18.2 Å². The molecule has 2 rings (SSSR count). The van der Waals surface area contributed by atoms with E-state index in [-0.39, 0.29) is 0 Å². The summed E-state index contributed by atoms with van der Waals surface area (Å²) in [7, 11) is 1.80. The van der Waals surface area contributed by atoms with Crippen LogP contribution in [0.25, 0.3) is 0 Å². The maximum atomic E-state index is 6.03. The average molecular weight is 254 g/mol. The number of halogens is 1. The van der Waals surface area contributed by atoms with Gasteiger partial charge in [-0.25, -0.2) is 0 Å². The fourth-order valence-electron chi connectivity index (χ4n) is 2.46. The zero-order valence-corrected chi connectivity index (χ0v) is 11.3. The molecule has 2 unspecified atom stereocenters. The van der Waals surface area contributed by atoms with Gasteiger partial charge in [-0.2, -0.15) is 0 Å². The molecule has 0 amide bonds. The zero-order chi connectivity index (χ0) is 12.3. The number of rotatable bonds is 3. The van der Waals surface area contributed by atoms with Crippen LogP contribution in [0.2, 0.25) is 5.02 Å². The first kappa shape index (κ1) is 12.7. The highest BCUT2D eigenvalue weighted by Gasteiger charge is 2.21. The van der Waals surface area contributed by atoms with Gasteiger partial charge in [0.2, 0.25) is 0 Å². The Morgan fingerprint density at radius 3 is 2.94 bits per heavy atom. The van der Waals surface area contributed by atoms with E-state index in [2.05, 4.69) is 18.3 Å². The zero-order valence-electron chi connectivity index (χ0n) is 10.5. The van der Waals surface area contributed by atoms with Crippen LogP contribution < -0.4 is 5.32 Å². The maximum absolute atomic E-state index is 6.03. The lowest BCUT2D eigenvalue weighted by atomic mass is 9.92. The first-order valence-corrected chi connectivity index (χ1v) is 6.62. The fraction of sp³-hybridized carbons (Fsp3) is 0.571. The minimum Gasteiger partial charge on any atom is -0.382 e. The second kappa shape index (κ2) is 5.74. The standard InChI is InChI=1S/C14H20ClNO/c1-10-6-7-11(15)8-14(10)16-12-4-3-5-13(9-12)17-2/h6-8,12-13,16H,3-5,9H2,1-2H3. The van der Waals surface area contributed by atoms with Gasteiger partial charge in [-0.3, -0.25) is 0 Å². The number of hydrogen-bond acceptors (Lipinski definition) is 2. The van der Waals surface area contributed by atoms with Crippen molar-refractivity contribution in [1.29, 1.82) is 0 Å². The molecule has 1 aromatic carbocycles. The van der Waals surface area contributed by atoms with Crippen LogP contribution in [0, 0.1) is 6.92 Å². The van der Waals surface area contributed by atoms with Crippen LogP contribution in [-0.2, 0) is 4.74 Å². The molecule has 3 heteroatoms. The summed E-state index contributed by atoms with van der Waals surface area (Å²) in [6.45, 7) is 2.11. The van der Waals surface area contributed by atoms with E-state index in [9.17, 15) is 0 Å². The van der Waals surface area contributed by atoms with E-state index in [0.717, 1.165) is 17.1 Å². The van der Waals surface area contributed by atoms with Crippen molar-refractivity contribution >= 4 is 17.3 Å². The quantitative estimate of drug-likeness (QED) is 0.879. The van der Waals surface area contributed by atoms with Crippen LogP contribution in [0.1, 0.15) is 31.2 Å². The van der Waals surface area contributed by atoms with Crippen molar-refractivity contribution in [2.24, 2.45) is 0 Å². The molecule has 94 valence electrons. The highest BCUT2D eigenvalue weighted by atomic mass is 35.5. The van der Waals surface area contributed by atoms with E-state index in [4.69, 9.17) is 16.3 Å². The minimum atomic E-state index is 0.403. The Labute approximate surface area is 108 Å². The number of benzene rings is 1. The van der Waals surface area contributed by atoms with Gasteiger partial charge in [0, 0.05) is 23.9 Å². The van der Waals surface area contributed by atoms with Crippen LogP contribution in [0.5, 0.6) is 0 Å². The summed E-state index contributed by atoms with van der Waals surface area (Å²) in [5, 5.41) is 4.38. The first-order valence-electron chi connectivity index (χ1n) is 6.24. The van der Waals surface area contributed by atoms with Crippen LogP contribution >= 0.6 is 11.6 Å². The molecule has 0 heterocycles. The molecule has 1 aliphatic carbocycles. The Kier molecular flexibility index (Phi) is 4.30. The van der Waals surface area contributed by atoms with Crippen molar-refractivity contribution in [3.8, 4) is 0 Å². The number of nitrogens with one attached hydrogen (secondary N) is 1. The number of methoxy groups -OCH3 is 1. The second-order valence-electron chi connectivity index (χ2n) is 4.82. The van der Waals surface area contributed by atoms with Crippen molar-refractivity contribution in [2.45, 2.75) is 44.8 Å². The Balaban J connectivity index is 2.02. The van der Waals surface area contributed by atoms with Gasteiger partial charge >= 0.3 is 0 Å². The molecule has 2 nitrogen and oxygen atoms in total. The van der Waals surface area contributed by atoms with Crippen molar-refractivity contribution in [2.75, 3.05) is 12.4 Å². The maximum Gasteiger partial charge on any atom is 0.0590 e. The van der Waals surface area contributed by atoms with Gasteiger partial charge in [0.15, 0.2) is 0 Å². The Morgan fingerprint density at radius 1 is 1.35 bits per heavy atom. The highest BCUT2D eigenvalue weighted by Crippen LogP contribution is 2.26. The molecule has 0 bridgehead atoms. The lowest BCUT2D eigenvalue weighted by Crippen LogP contribution is -2.31. The second-order valence-corrected chi connectivity index (χ2v) is 5.26. The van der Waals surface area contributed by atoms with Gasteiger partial charge in [-0.1, -0.05) is 17.7 Å². The summed E-state index contributed by atoms with van der Waals surface area (Å²) in [6, 6.07) is 6.50. The highest BCUT2D eigenvalue weighted by molar-refractivity contribution is 6.30. The number of ether oxygens (including phenoxy) is 1. The van der Waals surface area contributed by atoms with Gasteiger partial charge in [0.1, 0.15) is 0 Å². The average Bonchev–Trinajstić information content (AvgIpc) is 2.34. The Morgan fingerprint density at radius 2 is 2.18 bits per heavy atom. The normalized spacial score (nSPS) is 24.6. The van der Waals surface area contributed by atoms with Crippen molar-refractivity contribution in [1.82, 2.24) is 0 Å². The summed E-state index contributed by atoms with van der Waals surface area (Å²) < 4.78 is 5.45. The molecule has 0 radical (unpaired) electrons. The SMILES string of the molecule is COC1CCCC(Nc2cc(Cl)ccc2C)C1. The molecule has 0 aliphatic heterocycles. The summed E-state index contributed by atoms with van der Waals surface area (Å²) in [5.41, 5.74) is 2.40. The van der Waals surface area contributed by atoms with E-state index in [0.29, 0.717) is 12.1 Å². The molecule has 1 aliphatic rings. The van der Waals surface area contributed by atoms with Gasteiger partial charge in [0.05, 0.1) is 6.10 Å². The van der Waals surface area contributed by atoms with Gasteiger partial charge in [-0.15, -0.1) is 0 Å². The molecule has 0 saturated heterocycles. The van der Waals surface area contributed by atoms with Gasteiger partial charge in [-0.05, 0) is 50.3 Å². The monoisotopic (exact) mass is 253 g/mol. The lowest BCUT2D eigenvalue weighted by molar-refractivity contribution is 0.0669. The molecule has 1 fully saturated rings. The molecular weight excluding hydrogens is 234 g/mol. The topological polar surface area (TPSA) is 21.3 Å². The largest absolute Gasteiger partial charge is 0.382 e. The van der Waals surface area contributed by atoms with Crippen LogP contribution in [0.4, 0.5) is 5.69 Å².